The van der Waals surface area contributed by atoms with E-state index in [0.717, 1.165) is 24.5 Å². The molecule has 0 N–H and O–H groups in total. The molecule has 2 heterocycles. The smallest absolute Gasteiger partial charge is 0.122 e. The molecule has 0 fully saturated rings. The second-order valence-electron chi connectivity index (χ2n) is 5.05. The zero-order chi connectivity index (χ0) is 14.4. The summed E-state index contributed by atoms with van der Waals surface area (Å²) in [5.74, 6) is 0.847. The van der Waals surface area contributed by atoms with Crippen LogP contribution >= 0.6 is 0 Å². The van der Waals surface area contributed by atoms with Gasteiger partial charge in [0.2, 0.25) is 0 Å². The van der Waals surface area contributed by atoms with Gasteiger partial charge < -0.3 is 4.74 Å². The van der Waals surface area contributed by atoms with Crippen LogP contribution in [0.1, 0.15) is 25.1 Å². The fourth-order valence-electron chi connectivity index (χ4n) is 2.02. The molecule has 2 aromatic rings. The zero-order valence-corrected chi connectivity index (χ0v) is 12.3. The molecule has 0 unspecified atom stereocenters. The molecule has 0 aliphatic carbocycles. The topological polar surface area (TPSA) is 38.2 Å². The van der Waals surface area contributed by atoms with Crippen LogP contribution in [-0.4, -0.2) is 28.0 Å². The highest BCUT2D eigenvalue weighted by molar-refractivity contribution is 5.22. The molecule has 0 saturated carbocycles. The van der Waals surface area contributed by atoms with Crippen LogP contribution in [0.25, 0.3) is 0 Å². The van der Waals surface area contributed by atoms with Crippen molar-refractivity contribution in [3.05, 3.63) is 54.1 Å². The quantitative estimate of drug-likeness (QED) is 0.809. The summed E-state index contributed by atoms with van der Waals surface area (Å²) < 4.78 is 5.25. The molecule has 0 aromatic carbocycles. The molecule has 0 bridgehead atoms. The third kappa shape index (κ3) is 4.03. The third-order valence-corrected chi connectivity index (χ3v) is 3.23. The first-order valence-electron chi connectivity index (χ1n) is 6.81. The largest absolute Gasteiger partial charge is 0.497 e. The Bertz CT molecular complexity index is 528. The molecule has 2 rings (SSSR count). The van der Waals surface area contributed by atoms with Crippen molar-refractivity contribution >= 4 is 0 Å². The Morgan fingerprint density at radius 2 is 2.05 bits per heavy atom. The Hall–Kier alpha value is -1.94. The summed E-state index contributed by atoms with van der Waals surface area (Å²) in [5, 5.41) is 0. The molecule has 0 amide bonds. The maximum Gasteiger partial charge on any atom is 0.122 e. The fourth-order valence-corrected chi connectivity index (χ4v) is 2.02. The first kappa shape index (κ1) is 14.5. The molecule has 0 aliphatic rings. The molecule has 0 spiro atoms. The summed E-state index contributed by atoms with van der Waals surface area (Å²) in [6.07, 6.45) is 5.50. The van der Waals surface area contributed by atoms with Crippen molar-refractivity contribution in [2.24, 2.45) is 0 Å². The Balaban J connectivity index is 2.09. The number of nitrogens with zero attached hydrogens (tertiary/aromatic N) is 3. The lowest BCUT2D eigenvalue weighted by atomic mass is 10.2. The standard InChI is InChI=1S/C16H21N3O/c1-13(2)19(11-14-5-4-7-17-10-14)12-15-9-16(20-3)6-8-18-15/h4-10,13H,11-12H2,1-3H3. The van der Waals surface area contributed by atoms with E-state index in [1.54, 1.807) is 19.5 Å². The summed E-state index contributed by atoms with van der Waals surface area (Å²) in [5.41, 5.74) is 2.23. The van der Waals surface area contributed by atoms with Gasteiger partial charge in [0.05, 0.1) is 12.8 Å². The van der Waals surface area contributed by atoms with Crippen LogP contribution in [0.15, 0.2) is 42.9 Å². The van der Waals surface area contributed by atoms with E-state index in [0.29, 0.717) is 6.04 Å². The molecule has 4 heteroatoms. The zero-order valence-electron chi connectivity index (χ0n) is 12.3. The number of aromatic nitrogens is 2. The average Bonchev–Trinajstić information content (AvgIpc) is 2.48. The lowest BCUT2D eigenvalue weighted by molar-refractivity contribution is 0.200. The lowest BCUT2D eigenvalue weighted by Gasteiger charge is -2.26. The van der Waals surface area contributed by atoms with Gasteiger partial charge in [-0.3, -0.25) is 14.9 Å². The van der Waals surface area contributed by atoms with Crippen LogP contribution in [-0.2, 0) is 13.1 Å². The summed E-state index contributed by atoms with van der Waals surface area (Å²) in [4.78, 5) is 10.9. The Labute approximate surface area is 120 Å². The van der Waals surface area contributed by atoms with E-state index >= 15 is 0 Å². The van der Waals surface area contributed by atoms with Crippen molar-refractivity contribution < 1.29 is 4.74 Å². The van der Waals surface area contributed by atoms with Gasteiger partial charge in [0.1, 0.15) is 5.75 Å². The van der Waals surface area contributed by atoms with Gasteiger partial charge in [0.15, 0.2) is 0 Å². The predicted octanol–water partition coefficient (Wildman–Crippen LogP) is 2.90. The van der Waals surface area contributed by atoms with Crippen molar-refractivity contribution in [3.8, 4) is 5.75 Å². The van der Waals surface area contributed by atoms with Crippen LogP contribution < -0.4 is 4.74 Å². The van der Waals surface area contributed by atoms with Gasteiger partial charge in [-0.05, 0) is 31.5 Å². The normalized spacial score (nSPS) is 11.1. The minimum absolute atomic E-state index is 0.434. The third-order valence-electron chi connectivity index (χ3n) is 3.23. The number of hydrogen-bond donors (Lipinski definition) is 0. The summed E-state index contributed by atoms with van der Waals surface area (Å²) in [7, 11) is 1.68. The van der Waals surface area contributed by atoms with E-state index in [4.69, 9.17) is 4.74 Å². The van der Waals surface area contributed by atoms with Crippen LogP contribution in [0.2, 0.25) is 0 Å². The maximum absolute atomic E-state index is 5.25. The van der Waals surface area contributed by atoms with Gasteiger partial charge in [-0.2, -0.15) is 0 Å². The van der Waals surface area contributed by atoms with E-state index in [2.05, 4.69) is 34.8 Å². The van der Waals surface area contributed by atoms with Gasteiger partial charge in [-0.15, -0.1) is 0 Å². The first-order chi connectivity index (χ1) is 9.69. The lowest BCUT2D eigenvalue weighted by Crippen LogP contribution is -2.30. The van der Waals surface area contributed by atoms with Crippen molar-refractivity contribution in [2.45, 2.75) is 33.0 Å². The number of rotatable bonds is 6. The molecule has 4 nitrogen and oxygen atoms in total. The maximum atomic E-state index is 5.25. The number of hydrogen-bond acceptors (Lipinski definition) is 4. The van der Waals surface area contributed by atoms with E-state index in [9.17, 15) is 0 Å². The van der Waals surface area contributed by atoms with E-state index in [-0.39, 0.29) is 0 Å². The Morgan fingerprint density at radius 1 is 1.20 bits per heavy atom. The Kier molecular flexibility index (Phi) is 5.07. The Morgan fingerprint density at radius 3 is 2.70 bits per heavy atom. The van der Waals surface area contributed by atoms with E-state index in [1.807, 2.05) is 24.4 Å². The number of pyridine rings is 2. The van der Waals surface area contributed by atoms with Gasteiger partial charge in [-0.25, -0.2) is 0 Å². The summed E-state index contributed by atoms with van der Waals surface area (Å²) in [6.45, 7) is 6.04. The fraction of sp³-hybridized carbons (Fsp3) is 0.375. The van der Waals surface area contributed by atoms with Crippen LogP contribution in [0, 0.1) is 0 Å². The van der Waals surface area contributed by atoms with Crippen molar-refractivity contribution in [2.75, 3.05) is 7.11 Å². The molecule has 0 radical (unpaired) electrons. The molecule has 0 saturated heterocycles. The van der Waals surface area contributed by atoms with Gasteiger partial charge in [-0.1, -0.05) is 6.07 Å². The molecule has 2 aromatic heterocycles. The monoisotopic (exact) mass is 271 g/mol. The first-order valence-corrected chi connectivity index (χ1v) is 6.81. The molecule has 0 atom stereocenters. The number of methoxy groups -OCH3 is 1. The highest BCUT2D eigenvalue weighted by atomic mass is 16.5. The van der Waals surface area contributed by atoms with Gasteiger partial charge in [0.25, 0.3) is 0 Å². The molecule has 20 heavy (non-hydrogen) atoms. The van der Waals surface area contributed by atoms with Gasteiger partial charge >= 0.3 is 0 Å². The minimum atomic E-state index is 0.434. The van der Waals surface area contributed by atoms with Crippen LogP contribution in [0.4, 0.5) is 0 Å². The van der Waals surface area contributed by atoms with E-state index < -0.39 is 0 Å². The number of ether oxygens (including phenoxy) is 1. The highest BCUT2D eigenvalue weighted by Gasteiger charge is 2.12. The second-order valence-corrected chi connectivity index (χ2v) is 5.05. The second kappa shape index (κ2) is 7.01. The summed E-state index contributed by atoms with van der Waals surface area (Å²) in [6, 6.07) is 8.35. The molecule has 106 valence electrons. The van der Waals surface area contributed by atoms with E-state index in [1.165, 1.54) is 5.56 Å². The van der Waals surface area contributed by atoms with Crippen molar-refractivity contribution in [3.63, 3.8) is 0 Å². The van der Waals surface area contributed by atoms with Gasteiger partial charge in [0, 0.05) is 43.8 Å². The van der Waals surface area contributed by atoms with Crippen molar-refractivity contribution in [1.82, 2.24) is 14.9 Å². The highest BCUT2D eigenvalue weighted by Crippen LogP contribution is 2.15. The minimum Gasteiger partial charge on any atom is -0.497 e. The SMILES string of the molecule is COc1ccnc(CN(Cc2cccnc2)C(C)C)c1. The van der Waals surface area contributed by atoms with Crippen LogP contribution in [0.5, 0.6) is 5.75 Å². The summed E-state index contributed by atoms with van der Waals surface area (Å²) >= 11 is 0. The van der Waals surface area contributed by atoms with Crippen molar-refractivity contribution in [1.29, 1.82) is 0 Å². The molecule has 0 aliphatic heterocycles. The molecular weight excluding hydrogens is 250 g/mol. The molecular formula is C16H21N3O. The average molecular weight is 271 g/mol. The predicted molar refractivity (Wildman–Crippen MR) is 79.4 cm³/mol. The van der Waals surface area contributed by atoms with Crippen LogP contribution in [0.3, 0.4) is 0 Å².